The van der Waals surface area contributed by atoms with Crippen LogP contribution in [0.4, 0.5) is 9.52 Å². The number of anilines is 1. The van der Waals surface area contributed by atoms with Gasteiger partial charge in [-0.25, -0.2) is 9.37 Å². The maximum Gasteiger partial charge on any atom is 0.250 e. The van der Waals surface area contributed by atoms with Crippen molar-refractivity contribution in [1.82, 2.24) is 4.98 Å². The Labute approximate surface area is 172 Å². The van der Waals surface area contributed by atoms with E-state index in [-0.39, 0.29) is 17.8 Å². The Hall–Kier alpha value is -3.19. The molecule has 150 valence electrons. The minimum atomic E-state index is -0.303. The molecule has 0 unspecified atom stereocenters. The summed E-state index contributed by atoms with van der Waals surface area (Å²) in [5.41, 5.74) is 2.27. The van der Waals surface area contributed by atoms with Crippen LogP contribution in [0.2, 0.25) is 0 Å². The fourth-order valence-electron chi connectivity index (χ4n) is 2.54. The fourth-order valence-corrected chi connectivity index (χ4v) is 3.27. The molecule has 1 aromatic heterocycles. The number of nitrogens with one attached hydrogen (secondary N) is 1. The van der Waals surface area contributed by atoms with Crippen LogP contribution in [0.5, 0.6) is 11.5 Å². The third kappa shape index (κ3) is 5.65. The monoisotopic (exact) mass is 412 g/mol. The molecular weight excluding hydrogens is 391 g/mol. The molecule has 0 atom stereocenters. The van der Waals surface area contributed by atoms with Crippen molar-refractivity contribution in [2.75, 3.05) is 12.4 Å². The van der Waals surface area contributed by atoms with Gasteiger partial charge in [-0.1, -0.05) is 6.07 Å². The normalized spacial score (nSPS) is 11.1. The minimum absolute atomic E-state index is 0.0363. The molecule has 2 aromatic carbocycles. The van der Waals surface area contributed by atoms with E-state index in [1.807, 2.05) is 31.4 Å². The molecule has 0 aliphatic heterocycles. The highest BCUT2D eigenvalue weighted by Gasteiger charge is 2.08. The molecule has 1 heterocycles. The van der Waals surface area contributed by atoms with Crippen molar-refractivity contribution >= 4 is 28.5 Å². The van der Waals surface area contributed by atoms with Crippen LogP contribution in [0.1, 0.15) is 19.4 Å². The Morgan fingerprint density at radius 1 is 1.17 bits per heavy atom. The molecule has 1 amide bonds. The van der Waals surface area contributed by atoms with Gasteiger partial charge in [0, 0.05) is 17.0 Å². The van der Waals surface area contributed by atoms with Crippen LogP contribution in [-0.4, -0.2) is 24.1 Å². The van der Waals surface area contributed by atoms with E-state index in [9.17, 15) is 9.18 Å². The lowest BCUT2D eigenvalue weighted by Crippen LogP contribution is -2.07. The van der Waals surface area contributed by atoms with Crippen LogP contribution < -0.4 is 14.8 Å². The van der Waals surface area contributed by atoms with Gasteiger partial charge in [-0.15, -0.1) is 11.3 Å². The number of hydrogen-bond donors (Lipinski definition) is 1. The number of aromatic nitrogens is 1. The number of benzene rings is 2. The summed E-state index contributed by atoms with van der Waals surface area (Å²) in [5.74, 6) is 0.653. The molecule has 0 spiro atoms. The SMILES string of the molecule is COc1cc(C=CC(=O)Nc2nc(-c3ccc(F)cc3)cs2)ccc1OC(C)C. The predicted octanol–water partition coefficient (Wildman–Crippen LogP) is 5.40. The minimum Gasteiger partial charge on any atom is -0.493 e. The highest BCUT2D eigenvalue weighted by atomic mass is 32.1. The van der Waals surface area contributed by atoms with E-state index in [4.69, 9.17) is 9.47 Å². The highest BCUT2D eigenvalue weighted by molar-refractivity contribution is 7.14. The molecule has 0 saturated heterocycles. The zero-order valence-corrected chi connectivity index (χ0v) is 17.1. The van der Waals surface area contributed by atoms with Crippen LogP contribution in [-0.2, 0) is 4.79 Å². The predicted molar refractivity (Wildman–Crippen MR) is 114 cm³/mol. The topological polar surface area (TPSA) is 60.5 Å². The molecule has 5 nitrogen and oxygen atoms in total. The number of amides is 1. The van der Waals surface area contributed by atoms with Crippen LogP contribution in [0, 0.1) is 5.82 Å². The first-order valence-corrected chi connectivity index (χ1v) is 9.88. The van der Waals surface area contributed by atoms with Crippen molar-refractivity contribution in [3.05, 3.63) is 65.3 Å². The molecule has 0 aliphatic carbocycles. The average molecular weight is 412 g/mol. The van der Waals surface area contributed by atoms with Crippen LogP contribution >= 0.6 is 11.3 Å². The second-order valence-electron chi connectivity index (χ2n) is 6.44. The third-order valence-corrected chi connectivity index (χ3v) is 4.61. The zero-order chi connectivity index (χ0) is 20.8. The summed E-state index contributed by atoms with van der Waals surface area (Å²) < 4.78 is 24.1. The van der Waals surface area contributed by atoms with E-state index >= 15 is 0 Å². The van der Waals surface area contributed by atoms with Crippen LogP contribution in [0.25, 0.3) is 17.3 Å². The highest BCUT2D eigenvalue weighted by Crippen LogP contribution is 2.29. The Bertz CT molecular complexity index is 1010. The summed E-state index contributed by atoms with van der Waals surface area (Å²) in [5, 5.41) is 5.01. The molecule has 1 N–H and O–H groups in total. The number of methoxy groups -OCH3 is 1. The van der Waals surface area contributed by atoms with Crippen molar-refractivity contribution in [2.24, 2.45) is 0 Å². The summed E-state index contributed by atoms with van der Waals surface area (Å²) in [4.78, 5) is 16.6. The van der Waals surface area contributed by atoms with E-state index in [0.717, 1.165) is 11.1 Å². The second-order valence-corrected chi connectivity index (χ2v) is 7.30. The van der Waals surface area contributed by atoms with Crippen molar-refractivity contribution in [3.8, 4) is 22.8 Å². The van der Waals surface area contributed by atoms with Crippen LogP contribution in [0.3, 0.4) is 0 Å². The van der Waals surface area contributed by atoms with E-state index in [1.54, 1.807) is 31.4 Å². The van der Waals surface area contributed by atoms with Gasteiger partial charge >= 0.3 is 0 Å². The smallest absolute Gasteiger partial charge is 0.250 e. The molecular formula is C22H21FN2O3S. The zero-order valence-electron chi connectivity index (χ0n) is 16.3. The molecule has 7 heteroatoms. The maximum atomic E-state index is 13.0. The molecule has 29 heavy (non-hydrogen) atoms. The molecule has 3 rings (SSSR count). The number of thiazole rings is 1. The van der Waals surface area contributed by atoms with Gasteiger partial charge in [0.1, 0.15) is 5.82 Å². The fraction of sp³-hybridized carbons (Fsp3) is 0.182. The molecule has 0 fully saturated rings. The van der Waals surface area contributed by atoms with Crippen molar-refractivity contribution < 1.29 is 18.7 Å². The number of rotatable bonds is 7. The quantitative estimate of drug-likeness (QED) is 0.528. The number of halogens is 1. The van der Waals surface area contributed by atoms with Gasteiger partial charge in [0.25, 0.3) is 0 Å². The van der Waals surface area contributed by atoms with Gasteiger partial charge in [0.15, 0.2) is 16.6 Å². The summed E-state index contributed by atoms with van der Waals surface area (Å²) in [6.07, 6.45) is 3.15. The molecule has 0 radical (unpaired) electrons. The molecule has 0 saturated carbocycles. The average Bonchev–Trinajstić information content (AvgIpc) is 3.15. The number of ether oxygens (including phenoxy) is 2. The second kappa shape index (κ2) is 9.34. The van der Waals surface area contributed by atoms with E-state index in [0.29, 0.717) is 22.3 Å². The Morgan fingerprint density at radius 3 is 2.62 bits per heavy atom. The standard InChI is InChI=1S/C22H21FN2O3S/c1-14(2)28-19-10-4-15(12-20(19)27-3)5-11-21(26)25-22-24-18(13-29-22)16-6-8-17(23)9-7-16/h4-14H,1-3H3,(H,24,25,26). The Balaban J connectivity index is 1.65. The van der Waals surface area contributed by atoms with Crippen LogP contribution in [0.15, 0.2) is 53.9 Å². The molecule has 0 bridgehead atoms. The lowest BCUT2D eigenvalue weighted by atomic mass is 10.2. The summed E-state index contributed by atoms with van der Waals surface area (Å²) >= 11 is 1.31. The van der Waals surface area contributed by atoms with E-state index in [2.05, 4.69) is 10.3 Å². The van der Waals surface area contributed by atoms with Crippen molar-refractivity contribution in [2.45, 2.75) is 20.0 Å². The largest absolute Gasteiger partial charge is 0.493 e. The van der Waals surface area contributed by atoms with Gasteiger partial charge in [-0.2, -0.15) is 0 Å². The van der Waals surface area contributed by atoms with Gasteiger partial charge in [-0.05, 0) is 61.9 Å². The van der Waals surface area contributed by atoms with Gasteiger partial charge in [0.2, 0.25) is 5.91 Å². The van der Waals surface area contributed by atoms with E-state index in [1.165, 1.54) is 29.5 Å². The number of carbonyl (C=O) groups excluding carboxylic acids is 1. The first-order valence-electron chi connectivity index (χ1n) is 9.00. The number of nitrogens with zero attached hydrogens (tertiary/aromatic N) is 1. The lowest BCUT2D eigenvalue weighted by Gasteiger charge is -2.13. The first-order chi connectivity index (χ1) is 13.9. The Kier molecular flexibility index (Phi) is 6.61. The van der Waals surface area contributed by atoms with Gasteiger partial charge < -0.3 is 9.47 Å². The first kappa shape index (κ1) is 20.5. The summed E-state index contributed by atoms with van der Waals surface area (Å²) in [6, 6.07) is 11.5. The molecule has 3 aromatic rings. The van der Waals surface area contributed by atoms with Gasteiger partial charge in [0.05, 0.1) is 18.9 Å². The summed E-state index contributed by atoms with van der Waals surface area (Å²) in [7, 11) is 1.57. The Morgan fingerprint density at radius 2 is 1.93 bits per heavy atom. The molecule has 0 aliphatic rings. The number of hydrogen-bond acceptors (Lipinski definition) is 5. The maximum absolute atomic E-state index is 13.0. The van der Waals surface area contributed by atoms with Gasteiger partial charge in [-0.3, -0.25) is 10.1 Å². The lowest BCUT2D eigenvalue weighted by molar-refractivity contribution is -0.111. The van der Waals surface area contributed by atoms with Crippen molar-refractivity contribution in [1.29, 1.82) is 0 Å². The third-order valence-electron chi connectivity index (χ3n) is 3.85. The van der Waals surface area contributed by atoms with Crippen molar-refractivity contribution in [3.63, 3.8) is 0 Å². The van der Waals surface area contributed by atoms with E-state index < -0.39 is 0 Å². The number of carbonyl (C=O) groups is 1. The summed E-state index contributed by atoms with van der Waals surface area (Å²) in [6.45, 7) is 3.88.